The quantitative estimate of drug-likeness (QED) is 0.529. The Bertz CT molecular complexity index is 833. The first-order chi connectivity index (χ1) is 9.65. The fourth-order valence-electron chi connectivity index (χ4n) is 2.65. The molecule has 1 heterocycles. The number of hydrogen-bond acceptors (Lipinski definition) is 4. The summed E-state index contributed by atoms with van der Waals surface area (Å²) in [5.74, 6) is -0.0382. The number of carbonyl (C=O) groups is 2. The number of carbonyl (C=O) groups excluding carboxylic acids is 2. The molecular formula is C16H9NO3. The number of furan rings is 1. The molecule has 1 aromatic heterocycles. The molecule has 4 heteroatoms. The third kappa shape index (κ3) is 1.30. The number of hydrogen-bond donors (Lipinski definition) is 1. The van der Waals surface area contributed by atoms with Crippen molar-refractivity contribution in [2.75, 3.05) is 5.73 Å². The lowest BCUT2D eigenvalue weighted by Gasteiger charge is -2.16. The summed E-state index contributed by atoms with van der Waals surface area (Å²) in [7, 11) is 0. The maximum absolute atomic E-state index is 12.5. The highest BCUT2D eigenvalue weighted by atomic mass is 16.3. The van der Waals surface area contributed by atoms with E-state index in [-0.39, 0.29) is 17.5 Å². The third-order valence-corrected chi connectivity index (χ3v) is 3.58. The number of rotatable bonds is 0. The Hall–Kier alpha value is -2.88. The van der Waals surface area contributed by atoms with Crippen LogP contribution in [0, 0.1) is 0 Å². The van der Waals surface area contributed by atoms with E-state index in [2.05, 4.69) is 0 Å². The van der Waals surface area contributed by atoms with Crippen LogP contribution in [0.15, 0.2) is 46.9 Å². The van der Waals surface area contributed by atoms with Crippen molar-refractivity contribution < 1.29 is 14.0 Å². The molecular weight excluding hydrogens is 254 g/mol. The van der Waals surface area contributed by atoms with Crippen LogP contribution in [0.4, 0.5) is 5.88 Å². The van der Waals surface area contributed by atoms with Gasteiger partial charge in [0.25, 0.3) is 0 Å². The predicted octanol–water partition coefficient (Wildman–Crippen LogP) is 2.79. The van der Waals surface area contributed by atoms with Crippen LogP contribution in [0.1, 0.15) is 31.8 Å². The van der Waals surface area contributed by atoms with Gasteiger partial charge in [0, 0.05) is 33.7 Å². The number of benzene rings is 2. The van der Waals surface area contributed by atoms with Gasteiger partial charge in [-0.1, -0.05) is 24.3 Å². The number of fused-ring (bicyclic) bond motifs is 3. The van der Waals surface area contributed by atoms with Crippen molar-refractivity contribution in [2.24, 2.45) is 0 Å². The molecule has 3 aromatic rings. The van der Waals surface area contributed by atoms with Gasteiger partial charge in [-0.25, -0.2) is 0 Å². The zero-order valence-corrected chi connectivity index (χ0v) is 10.3. The van der Waals surface area contributed by atoms with Crippen LogP contribution in [0.2, 0.25) is 0 Å². The smallest absolute Gasteiger partial charge is 0.194 e. The van der Waals surface area contributed by atoms with E-state index in [0.717, 1.165) is 5.39 Å². The molecule has 20 heavy (non-hydrogen) atoms. The van der Waals surface area contributed by atoms with Crippen molar-refractivity contribution in [2.45, 2.75) is 0 Å². The molecule has 1 aliphatic rings. The summed E-state index contributed by atoms with van der Waals surface area (Å²) in [4.78, 5) is 25.0. The van der Waals surface area contributed by atoms with Gasteiger partial charge in [-0.05, 0) is 12.1 Å². The average molecular weight is 263 g/mol. The van der Waals surface area contributed by atoms with Crippen molar-refractivity contribution in [1.82, 2.24) is 0 Å². The summed E-state index contributed by atoms with van der Waals surface area (Å²) >= 11 is 0. The van der Waals surface area contributed by atoms with Crippen LogP contribution in [-0.4, -0.2) is 11.6 Å². The fraction of sp³-hybridized carbons (Fsp3) is 0. The Balaban J connectivity index is 2.07. The third-order valence-electron chi connectivity index (χ3n) is 3.58. The van der Waals surface area contributed by atoms with Crippen LogP contribution in [0.25, 0.3) is 11.0 Å². The molecule has 0 spiro atoms. The van der Waals surface area contributed by atoms with Crippen LogP contribution in [0.5, 0.6) is 0 Å². The lowest BCUT2D eigenvalue weighted by Crippen LogP contribution is -2.20. The van der Waals surface area contributed by atoms with E-state index in [9.17, 15) is 9.59 Å². The molecule has 0 amide bonds. The molecule has 2 aromatic carbocycles. The van der Waals surface area contributed by atoms with Crippen molar-refractivity contribution in [1.29, 1.82) is 0 Å². The Morgan fingerprint density at radius 1 is 0.800 bits per heavy atom. The SMILES string of the molecule is Nc1cc2cc3c(cc2o1)C(=O)c1ccccc1C3=O. The first kappa shape index (κ1) is 11.0. The molecule has 0 atom stereocenters. The van der Waals surface area contributed by atoms with Crippen LogP contribution >= 0.6 is 0 Å². The summed E-state index contributed by atoms with van der Waals surface area (Å²) in [6, 6.07) is 11.7. The molecule has 0 fully saturated rings. The Morgan fingerprint density at radius 3 is 2.05 bits per heavy atom. The standard InChI is InChI=1S/C16H9NO3/c17-14-6-8-5-11-12(7-13(8)20-14)16(19)10-4-2-1-3-9(10)15(11)18/h1-7H,17H2. The molecule has 0 aliphatic heterocycles. The minimum absolute atomic E-state index is 0.142. The normalized spacial score (nSPS) is 13.4. The van der Waals surface area contributed by atoms with Gasteiger partial charge < -0.3 is 10.2 Å². The van der Waals surface area contributed by atoms with E-state index in [1.807, 2.05) is 0 Å². The second-order valence-electron chi connectivity index (χ2n) is 4.79. The van der Waals surface area contributed by atoms with Gasteiger partial charge in [-0.15, -0.1) is 0 Å². The largest absolute Gasteiger partial charge is 0.441 e. The summed E-state index contributed by atoms with van der Waals surface area (Å²) in [6.45, 7) is 0. The van der Waals surface area contributed by atoms with E-state index in [1.54, 1.807) is 42.5 Å². The summed E-state index contributed by atoms with van der Waals surface area (Å²) in [5.41, 5.74) is 7.78. The topological polar surface area (TPSA) is 73.3 Å². The average Bonchev–Trinajstić information content (AvgIpc) is 2.82. The monoisotopic (exact) mass is 263 g/mol. The Labute approximate surface area is 113 Å². The van der Waals surface area contributed by atoms with Crippen molar-refractivity contribution in [3.63, 3.8) is 0 Å². The first-order valence-corrected chi connectivity index (χ1v) is 6.16. The molecule has 0 saturated heterocycles. The lowest BCUT2D eigenvalue weighted by atomic mass is 9.83. The van der Waals surface area contributed by atoms with Crippen LogP contribution in [0.3, 0.4) is 0 Å². The number of nitrogen functional groups attached to an aromatic ring is 1. The zero-order chi connectivity index (χ0) is 13.9. The van der Waals surface area contributed by atoms with Gasteiger partial charge in [-0.2, -0.15) is 0 Å². The zero-order valence-electron chi connectivity index (χ0n) is 10.3. The highest BCUT2D eigenvalue weighted by molar-refractivity contribution is 6.29. The maximum atomic E-state index is 12.5. The molecule has 96 valence electrons. The van der Waals surface area contributed by atoms with Gasteiger partial charge >= 0.3 is 0 Å². The molecule has 2 N–H and O–H groups in total. The van der Waals surface area contributed by atoms with E-state index < -0.39 is 0 Å². The maximum Gasteiger partial charge on any atom is 0.194 e. The summed E-state index contributed by atoms with van der Waals surface area (Å²) in [6.07, 6.45) is 0. The molecule has 0 saturated carbocycles. The molecule has 0 bridgehead atoms. The molecule has 0 radical (unpaired) electrons. The summed E-state index contributed by atoms with van der Waals surface area (Å²) < 4.78 is 5.32. The van der Waals surface area contributed by atoms with E-state index in [0.29, 0.717) is 27.8 Å². The molecule has 4 rings (SSSR count). The number of anilines is 1. The Morgan fingerprint density at radius 2 is 1.40 bits per heavy atom. The van der Waals surface area contributed by atoms with Gasteiger partial charge in [0.15, 0.2) is 17.5 Å². The minimum Gasteiger partial charge on any atom is -0.441 e. The lowest BCUT2D eigenvalue weighted by molar-refractivity contribution is 0.0979. The number of ketones is 2. The van der Waals surface area contributed by atoms with Crippen molar-refractivity contribution in [3.8, 4) is 0 Å². The highest BCUT2D eigenvalue weighted by Gasteiger charge is 2.30. The van der Waals surface area contributed by atoms with Gasteiger partial charge in [-0.3, -0.25) is 9.59 Å². The second-order valence-corrected chi connectivity index (χ2v) is 4.79. The van der Waals surface area contributed by atoms with E-state index in [1.165, 1.54) is 0 Å². The van der Waals surface area contributed by atoms with Crippen molar-refractivity contribution >= 4 is 28.4 Å². The Kier molecular flexibility index (Phi) is 1.96. The predicted molar refractivity (Wildman–Crippen MR) is 73.9 cm³/mol. The molecule has 0 unspecified atom stereocenters. The molecule has 4 nitrogen and oxygen atoms in total. The first-order valence-electron chi connectivity index (χ1n) is 6.16. The van der Waals surface area contributed by atoms with Gasteiger partial charge in [0.1, 0.15) is 5.58 Å². The minimum atomic E-state index is -0.160. The second kappa shape index (κ2) is 3.57. The molecule has 1 aliphatic carbocycles. The van der Waals surface area contributed by atoms with E-state index >= 15 is 0 Å². The fourth-order valence-corrected chi connectivity index (χ4v) is 2.65. The van der Waals surface area contributed by atoms with Crippen LogP contribution in [-0.2, 0) is 0 Å². The highest BCUT2D eigenvalue weighted by Crippen LogP contribution is 2.32. The number of nitrogens with two attached hydrogens (primary N) is 1. The van der Waals surface area contributed by atoms with Crippen LogP contribution < -0.4 is 5.73 Å². The summed E-state index contributed by atoms with van der Waals surface area (Å²) in [5, 5.41) is 0.724. The van der Waals surface area contributed by atoms with E-state index in [4.69, 9.17) is 10.2 Å². The van der Waals surface area contributed by atoms with Gasteiger partial charge in [0.2, 0.25) is 0 Å². The van der Waals surface area contributed by atoms with Crippen molar-refractivity contribution in [3.05, 3.63) is 64.7 Å². The van der Waals surface area contributed by atoms with Gasteiger partial charge in [0.05, 0.1) is 0 Å².